The maximum Gasteiger partial charge on any atom is 0.122 e. The molecule has 2 nitrogen and oxygen atoms in total. The van der Waals surface area contributed by atoms with Gasteiger partial charge in [0.25, 0.3) is 0 Å². The Hall–Kier alpha value is -1.02. The van der Waals surface area contributed by atoms with E-state index in [0.29, 0.717) is 6.42 Å². The van der Waals surface area contributed by atoms with Gasteiger partial charge in [-0.05, 0) is 30.4 Å². The Balaban J connectivity index is 1.80. The van der Waals surface area contributed by atoms with E-state index in [1.165, 1.54) is 32.1 Å². The fourth-order valence-electron chi connectivity index (χ4n) is 2.95. The molecule has 1 aromatic rings. The highest BCUT2D eigenvalue weighted by atomic mass is 16.5. The summed E-state index contributed by atoms with van der Waals surface area (Å²) in [7, 11) is 1.68. The van der Waals surface area contributed by atoms with Crippen LogP contribution < -0.4 is 4.74 Å². The van der Waals surface area contributed by atoms with E-state index in [1.54, 1.807) is 7.11 Å². The summed E-state index contributed by atoms with van der Waals surface area (Å²) in [6.07, 6.45) is 8.06. The van der Waals surface area contributed by atoms with Crippen LogP contribution in [0.15, 0.2) is 24.3 Å². The van der Waals surface area contributed by atoms with Crippen molar-refractivity contribution in [2.24, 2.45) is 5.92 Å². The van der Waals surface area contributed by atoms with Crippen LogP contribution in [0.5, 0.6) is 5.75 Å². The highest BCUT2D eigenvalue weighted by Crippen LogP contribution is 2.29. The third-order valence-corrected chi connectivity index (χ3v) is 4.03. The van der Waals surface area contributed by atoms with Crippen LogP contribution in [0.2, 0.25) is 0 Å². The molecule has 0 spiro atoms. The van der Waals surface area contributed by atoms with Crippen molar-refractivity contribution >= 4 is 0 Å². The van der Waals surface area contributed by atoms with Crippen molar-refractivity contribution in [2.75, 3.05) is 7.11 Å². The summed E-state index contributed by atoms with van der Waals surface area (Å²) in [5, 5.41) is 10.1. The number of para-hydroxylation sites is 1. The Morgan fingerprint density at radius 1 is 1.28 bits per heavy atom. The summed E-state index contributed by atoms with van der Waals surface area (Å²) in [6, 6.07) is 7.96. The van der Waals surface area contributed by atoms with E-state index in [0.717, 1.165) is 23.7 Å². The largest absolute Gasteiger partial charge is 0.496 e. The van der Waals surface area contributed by atoms with Crippen molar-refractivity contribution < 1.29 is 9.84 Å². The van der Waals surface area contributed by atoms with Gasteiger partial charge < -0.3 is 9.84 Å². The van der Waals surface area contributed by atoms with Crippen LogP contribution in [-0.2, 0) is 6.42 Å². The predicted molar refractivity (Wildman–Crippen MR) is 73.9 cm³/mol. The third-order valence-electron chi connectivity index (χ3n) is 4.03. The Morgan fingerprint density at radius 3 is 2.72 bits per heavy atom. The quantitative estimate of drug-likeness (QED) is 0.834. The predicted octanol–water partition coefficient (Wildman–Crippen LogP) is 3.57. The lowest BCUT2D eigenvalue weighted by Crippen LogP contribution is -2.12. The highest BCUT2D eigenvalue weighted by Gasteiger charge is 2.17. The molecule has 0 aromatic heterocycles. The van der Waals surface area contributed by atoms with E-state index in [9.17, 15) is 5.11 Å². The molecule has 0 saturated heterocycles. The summed E-state index contributed by atoms with van der Waals surface area (Å²) >= 11 is 0. The second-order valence-electron chi connectivity index (χ2n) is 5.40. The molecule has 1 aliphatic rings. The summed E-state index contributed by atoms with van der Waals surface area (Å²) in [5.41, 5.74) is 1.11. The van der Waals surface area contributed by atoms with Gasteiger partial charge in [0.1, 0.15) is 5.75 Å². The average Bonchev–Trinajstić information content (AvgIpc) is 2.90. The molecule has 1 aliphatic carbocycles. The Kier molecular flexibility index (Phi) is 5.06. The first-order valence-corrected chi connectivity index (χ1v) is 7.09. The van der Waals surface area contributed by atoms with Gasteiger partial charge >= 0.3 is 0 Å². The van der Waals surface area contributed by atoms with Crippen molar-refractivity contribution in [1.82, 2.24) is 0 Å². The van der Waals surface area contributed by atoms with Gasteiger partial charge in [0.15, 0.2) is 0 Å². The van der Waals surface area contributed by atoms with Crippen LogP contribution in [-0.4, -0.2) is 18.3 Å². The molecule has 1 aromatic carbocycles. The van der Waals surface area contributed by atoms with Crippen molar-refractivity contribution in [3.8, 4) is 5.75 Å². The zero-order valence-electron chi connectivity index (χ0n) is 11.3. The van der Waals surface area contributed by atoms with E-state index in [-0.39, 0.29) is 6.10 Å². The van der Waals surface area contributed by atoms with Gasteiger partial charge in [-0.1, -0.05) is 43.9 Å². The topological polar surface area (TPSA) is 29.5 Å². The van der Waals surface area contributed by atoms with Crippen LogP contribution in [0.4, 0.5) is 0 Å². The van der Waals surface area contributed by atoms with Gasteiger partial charge in [0, 0.05) is 6.42 Å². The molecule has 1 fully saturated rings. The zero-order chi connectivity index (χ0) is 12.8. The molecule has 0 amide bonds. The van der Waals surface area contributed by atoms with Crippen LogP contribution in [0.25, 0.3) is 0 Å². The van der Waals surface area contributed by atoms with E-state index in [2.05, 4.69) is 0 Å². The first-order chi connectivity index (χ1) is 8.79. The van der Waals surface area contributed by atoms with Gasteiger partial charge in [0.2, 0.25) is 0 Å². The molecule has 0 bridgehead atoms. The number of rotatable bonds is 6. The normalized spacial score (nSPS) is 17.9. The zero-order valence-corrected chi connectivity index (χ0v) is 11.3. The lowest BCUT2D eigenvalue weighted by molar-refractivity contribution is 0.154. The van der Waals surface area contributed by atoms with Gasteiger partial charge in [-0.3, -0.25) is 0 Å². The van der Waals surface area contributed by atoms with E-state index in [1.807, 2.05) is 24.3 Å². The number of benzene rings is 1. The van der Waals surface area contributed by atoms with E-state index < -0.39 is 0 Å². The highest BCUT2D eigenvalue weighted by molar-refractivity contribution is 5.33. The Morgan fingerprint density at radius 2 is 2.00 bits per heavy atom. The Bertz CT molecular complexity index is 356. The molecule has 1 atom stereocenters. The van der Waals surface area contributed by atoms with Gasteiger partial charge in [-0.15, -0.1) is 0 Å². The molecule has 18 heavy (non-hydrogen) atoms. The van der Waals surface area contributed by atoms with Gasteiger partial charge in [-0.2, -0.15) is 0 Å². The summed E-state index contributed by atoms with van der Waals surface area (Å²) in [5.74, 6) is 1.75. The van der Waals surface area contributed by atoms with Crippen molar-refractivity contribution in [2.45, 2.75) is 51.0 Å². The number of hydrogen-bond donors (Lipinski definition) is 1. The molecule has 100 valence electrons. The SMILES string of the molecule is COc1ccccc1CC(O)CCC1CCCC1. The molecular weight excluding hydrogens is 224 g/mol. The van der Waals surface area contributed by atoms with E-state index >= 15 is 0 Å². The van der Waals surface area contributed by atoms with Crippen molar-refractivity contribution in [1.29, 1.82) is 0 Å². The van der Waals surface area contributed by atoms with Gasteiger partial charge in [-0.25, -0.2) is 0 Å². The number of methoxy groups -OCH3 is 1. The second-order valence-corrected chi connectivity index (χ2v) is 5.40. The number of aliphatic hydroxyl groups is 1. The maximum atomic E-state index is 10.1. The molecule has 0 heterocycles. The van der Waals surface area contributed by atoms with Crippen LogP contribution in [0.3, 0.4) is 0 Å². The molecular formula is C16H24O2. The number of ether oxygens (including phenoxy) is 1. The smallest absolute Gasteiger partial charge is 0.122 e. The molecule has 2 heteroatoms. The molecule has 0 aliphatic heterocycles. The number of aliphatic hydroxyl groups excluding tert-OH is 1. The lowest BCUT2D eigenvalue weighted by Gasteiger charge is -2.15. The third kappa shape index (κ3) is 3.74. The van der Waals surface area contributed by atoms with Crippen molar-refractivity contribution in [3.05, 3.63) is 29.8 Å². The molecule has 1 unspecified atom stereocenters. The van der Waals surface area contributed by atoms with Crippen molar-refractivity contribution in [3.63, 3.8) is 0 Å². The summed E-state index contributed by atoms with van der Waals surface area (Å²) in [6.45, 7) is 0. The fraction of sp³-hybridized carbons (Fsp3) is 0.625. The number of hydrogen-bond acceptors (Lipinski definition) is 2. The molecule has 2 rings (SSSR count). The fourth-order valence-corrected chi connectivity index (χ4v) is 2.95. The minimum atomic E-state index is -0.234. The van der Waals surface area contributed by atoms with E-state index in [4.69, 9.17) is 4.74 Å². The minimum absolute atomic E-state index is 0.234. The van der Waals surface area contributed by atoms with Crippen LogP contribution >= 0.6 is 0 Å². The minimum Gasteiger partial charge on any atom is -0.496 e. The molecule has 0 radical (unpaired) electrons. The van der Waals surface area contributed by atoms with Crippen LogP contribution in [0, 0.1) is 5.92 Å². The molecule has 1 saturated carbocycles. The summed E-state index contributed by atoms with van der Waals surface area (Å²) < 4.78 is 5.31. The standard InChI is InChI=1S/C16H24O2/c1-18-16-9-5-4-8-14(16)12-15(17)11-10-13-6-2-3-7-13/h4-5,8-9,13,15,17H,2-3,6-7,10-12H2,1H3. The van der Waals surface area contributed by atoms with Gasteiger partial charge in [0.05, 0.1) is 13.2 Å². The maximum absolute atomic E-state index is 10.1. The monoisotopic (exact) mass is 248 g/mol. The lowest BCUT2D eigenvalue weighted by atomic mass is 9.96. The Labute approximate surface area is 110 Å². The first-order valence-electron chi connectivity index (χ1n) is 7.09. The van der Waals surface area contributed by atoms with Crippen LogP contribution in [0.1, 0.15) is 44.1 Å². The molecule has 1 N–H and O–H groups in total. The summed E-state index contributed by atoms with van der Waals surface area (Å²) in [4.78, 5) is 0. The first kappa shape index (κ1) is 13.4. The average molecular weight is 248 g/mol. The second kappa shape index (κ2) is 6.79.